The minimum absolute atomic E-state index is 0.269. The summed E-state index contributed by atoms with van der Waals surface area (Å²) in [7, 11) is 0. The lowest BCUT2D eigenvalue weighted by molar-refractivity contribution is 0.418. The van der Waals surface area contributed by atoms with Crippen LogP contribution in [0.1, 0.15) is 20.3 Å². The van der Waals surface area contributed by atoms with Crippen molar-refractivity contribution >= 4 is 11.4 Å². The van der Waals surface area contributed by atoms with Crippen LogP contribution in [0.25, 0.3) is 0 Å². The average molecular weight is 208 g/mol. The van der Waals surface area contributed by atoms with Crippen molar-refractivity contribution in [2.75, 3.05) is 23.7 Å². The Morgan fingerprint density at radius 1 is 1.40 bits per heavy atom. The van der Waals surface area contributed by atoms with Crippen molar-refractivity contribution in [1.82, 2.24) is 0 Å². The third-order valence-corrected chi connectivity index (χ3v) is 3.01. The summed E-state index contributed by atoms with van der Waals surface area (Å²) in [5.74, 6) is -0.269. The van der Waals surface area contributed by atoms with Gasteiger partial charge in [-0.25, -0.2) is 4.39 Å². The van der Waals surface area contributed by atoms with Crippen molar-refractivity contribution in [3.63, 3.8) is 0 Å². The van der Waals surface area contributed by atoms with Crippen molar-refractivity contribution in [1.29, 1.82) is 0 Å². The van der Waals surface area contributed by atoms with Crippen LogP contribution >= 0.6 is 0 Å². The van der Waals surface area contributed by atoms with Crippen LogP contribution in [0.15, 0.2) is 18.2 Å². The molecule has 0 unspecified atom stereocenters. The zero-order chi connectivity index (χ0) is 11.1. The number of anilines is 2. The van der Waals surface area contributed by atoms with E-state index in [0.717, 1.165) is 25.2 Å². The maximum absolute atomic E-state index is 12.9. The van der Waals surface area contributed by atoms with Gasteiger partial charge in [0.25, 0.3) is 0 Å². The summed E-state index contributed by atoms with van der Waals surface area (Å²) in [5, 5.41) is 0. The van der Waals surface area contributed by atoms with Crippen LogP contribution in [0.4, 0.5) is 15.8 Å². The molecule has 0 radical (unpaired) electrons. The van der Waals surface area contributed by atoms with Gasteiger partial charge in [0.1, 0.15) is 5.82 Å². The van der Waals surface area contributed by atoms with Crippen LogP contribution < -0.4 is 10.6 Å². The molecule has 1 aromatic carbocycles. The molecule has 0 bridgehead atoms. The Kier molecular flexibility index (Phi) is 2.33. The van der Waals surface area contributed by atoms with E-state index in [4.69, 9.17) is 5.73 Å². The second-order valence-corrected chi connectivity index (χ2v) is 5.04. The zero-order valence-electron chi connectivity index (χ0n) is 9.26. The van der Waals surface area contributed by atoms with Crippen molar-refractivity contribution in [2.24, 2.45) is 5.41 Å². The molecular weight excluding hydrogens is 191 g/mol. The van der Waals surface area contributed by atoms with E-state index in [-0.39, 0.29) is 5.82 Å². The maximum atomic E-state index is 12.9. The fraction of sp³-hybridized carbons (Fsp3) is 0.500. The number of benzene rings is 1. The first-order valence-corrected chi connectivity index (χ1v) is 5.28. The van der Waals surface area contributed by atoms with E-state index in [2.05, 4.69) is 18.7 Å². The molecule has 3 heteroatoms. The van der Waals surface area contributed by atoms with Crippen LogP contribution in [0, 0.1) is 11.2 Å². The van der Waals surface area contributed by atoms with Crippen LogP contribution in [-0.2, 0) is 0 Å². The lowest BCUT2D eigenvalue weighted by atomic mass is 9.93. The molecule has 2 N–H and O–H groups in total. The van der Waals surface area contributed by atoms with Crippen LogP contribution in [-0.4, -0.2) is 13.1 Å². The average Bonchev–Trinajstić information content (AvgIpc) is 2.46. The second-order valence-electron chi connectivity index (χ2n) is 5.04. The molecule has 0 aromatic heterocycles. The molecule has 0 atom stereocenters. The molecule has 2 rings (SSSR count). The van der Waals surface area contributed by atoms with Crippen LogP contribution in [0.5, 0.6) is 0 Å². The summed E-state index contributed by atoms with van der Waals surface area (Å²) in [6, 6.07) is 4.63. The highest BCUT2D eigenvalue weighted by Crippen LogP contribution is 2.35. The molecule has 0 amide bonds. The molecule has 1 fully saturated rings. The van der Waals surface area contributed by atoms with E-state index in [1.807, 2.05) is 0 Å². The molecule has 1 aromatic rings. The first-order valence-electron chi connectivity index (χ1n) is 5.28. The normalized spacial score (nSPS) is 19.5. The quantitative estimate of drug-likeness (QED) is 0.719. The number of rotatable bonds is 1. The van der Waals surface area contributed by atoms with Crippen molar-refractivity contribution < 1.29 is 4.39 Å². The molecule has 0 saturated carbocycles. The summed E-state index contributed by atoms with van der Waals surface area (Å²) in [6.45, 7) is 6.48. The molecule has 0 aliphatic carbocycles. The molecule has 15 heavy (non-hydrogen) atoms. The third-order valence-electron chi connectivity index (χ3n) is 3.01. The van der Waals surface area contributed by atoms with E-state index in [0.29, 0.717) is 11.1 Å². The largest absolute Gasteiger partial charge is 0.397 e. The van der Waals surface area contributed by atoms with Gasteiger partial charge in [0.05, 0.1) is 11.4 Å². The van der Waals surface area contributed by atoms with E-state index >= 15 is 0 Å². The van der Waals surface area contributed by atoms with Gasteiger partial charge in [-0.05, 0) is 30.0 Å². The number of hydrogen-bond donors (Lipinski definition) is 1. The van der Waals surface area contributed by atoms with Gasteiger partial charge in [0, 0.05) is 13.1 Å². The predicted octanol–water partition coefficient (Wildman–Crippen LogP) is 2.64. The lowest BCUT2D eigenvalue weighted by Crippen LogP contribution is -2.23. The van der Waals surface area contributed by atoms with Crippen LogP contribution in [0.3, 0.4) is 0 Å². The number of nitrogens with zero attached hydrogens (tertiary/aromatic N) is 1. The van der Waals surface area contributed by atoms with E-state index in [1.54, 1.807) is 6.07 Å². The van der Waals surface area contributed by atoms with E-state index in [1.165, 1.54) is 12.1 Å². The molecule has 2 nitrogen and oxygen atoms in total. The van der Waals surface area contributed by atoms with Gasteiger partial charge in [-0.1, -0.05) is 13.8 Å². The van der Waals surface area contributed by atoms with E-state index < -0.39 is 0 Å². The monoisotopic (exact) mass is 208 g/mol. The maximum Gasteiger partial charge on any atom is 0.125 e. The number of nitrogens with two attached hydrogens (primary N) is 1. The minimum atomic E-state index is -0.269. The summed E-state index contributed by atoms with van der Waals surface area (Å²) >= 11 is 0. The first kappa shape index (κ1) is 10.3. The number of nitrogen functional groups attached to an aromatic ring is 1. The molecule has 82 valence electrons. The smallest absolute Gasteiger partial charge is 0.125 e. The highest BCUT2D eigenvalue weighted by atomic mass is 19.1. The van der Waals surface area contributed by atoms with E-state index in [9.17, 15) is 4.39 Å². The highest BCUT2D eigenvalue weighted by molar-refractivity contribution is 5.68. The number of hydrogen-bond acceptors (Lipinski definition) is 2. The van der Waals surface area contributed by atoms with Gasteiger partial charge >= 0.3 is 0 Å². The van der Waals surface area contributed by atoms with Gasteiger partial charge in [-0.2, -0.15) is 0 Å². The van der Waals surface area contributed by atoms with Gasteiger partial charge in [-0.15, -0.1) is 0 Å². The topological polar surface area (TPSA) is 29.3 Å². The fourth-order valence-corrected chi connectivity index (χ4v) is 2.13. The van der Waals surface area contributed by atoms with Gasteiger partial charge < -0.3 is 10.6 Å². The Morgan fingerprint density at radius 3 is 2.67 bits per heavy atom. The molecule has 1 aliphatic heterocycles. The summed E-state index contributed by atoms with van der Waals surface area (Å²) in [6.07, 6.45) is 1.16. The van der Waals surface area contributed by atoms with Crippen LogP contribution in [0.2, 0.25) is 0 Å². The molecule has 0 spiro atoms. The highest BCUT2D eigenvalue weighted by Gasteiger charge is 2.29. The van der Waals surface area contributed by atoms with Crippen molar-refractivity contribution in [3.05, 3.63) is 24.0 Å². The Hall–Kier alpha value is -1.25. The first-order chi connectivity index (χ1) is 6.98. The third kappa shape index (κ3) is 2.06. The minimum Gasteiger partial charge on any atom is -0.397 e. The molecule has 1 aliphatic rings. The fourth-order valence-electron chi connectivity index (χ4n) is 2.13. The van der Waals surface area contributed by atoms with Gasteiger partial charge in [0.15, 0.2) is 0 Å². The number of halogens is 1. The van der Waals surface area contributed by atoms with Crippen molar-refractivity contribution in [2.45, 2.75) is 20.3 Å². The molecule has 1 saturated heterocycles. The Morgan fingerprint density at radius 2 is 2.13 bits per heavy atom. The van der Waals surface area contributed by atoms with Gasteiger partial charge in [0.2, 0.25) is 0 Å². The lowest BCUT2D eigenvalue weighted by Gasteiger charge is -2.22. The Balaban J connectivity index is 2.24. The van der Waals surface area contributed by atoms with Gasteiger partial charge in [-0.3, -0.25) is 0 Å². The molecule has 1 heterocycles. The summed E-state index contributed by atoms with van der Waals surface area (Å²) in [5.41, 5.74) is 7.64. The predicted molar refractivity (Wildman–Crippen MR) is 61.4 cm³/mol. The summed E-state index contributed by atoms with van der Waals surface area (Å²) < 4.78 is 12.9. The Labute approximate surface area is 89.9 Å². The summed E-state index contributed by atoms with van der Waals surface area (Å²) in [4.78, 5) is 2.23. The SMILES string of the molecule is CC1(C)CCN(c2ccc(F)cc2N)C1. The Bertz CT molecular complexity index is 374. The standard InChI is InChI=1S/C12H17FN2/c1-12(2)5-6-15(8-12)11-4-3-9(13)7-10(11)14/h3-4,7H,5-6,8,14H2,1-2H3. The molecular formula is C12H17FN2. The zero-order valence-corrected chi connectivity index (χ0v) is 9.26. The van der Waals surface area contributed by atoms with Crippen molar-refractivity contribution in [3.8, 4) is 0 Å². The second kappa shape index (κ2) is 3.40.